The highest BCUT2D eigenvalue weighted by Gasteiger charge is 2.41. The van der Waals surface area contributed by atoms with Gasteiger partial charge in [0.15, 0.2) is 0 Å². The van der Waals surface area contributed by atoms with E-state index in [0.29, 0.717) is 12.5 Å². The van der Waals surface area contributed by atoms with Crippen molar-refractivity contribution in [1.82, 2.24) is 0 Å². The fourth-order valence-electron chi connectivity index (χ4n) is 2.03. The number of ether oxygens (including phenoxy) is 1. The number of halogens is 1. The van der Waals surface area contributed by atoms with E-state index in [1.165, 1.54) is 0 Å². The van der Waals surface area contributed by atoms with Crippen molar-refractivity contribution in [2.24, 2.45) is 5.41 Å². The summed E-state index contributed by atoms with van der Waals surface area (Å²) in [5, 5.41) is 8.39. The van der Waals surface area contributed by atoms with Gasteiger partial charge in [-0.3, -0.25) is 0 Å². The molecule has 0 bridgehead atoms. The summed E-state index contributed by atoms with van der Waals surface area (Å²) < 4.78 is 19.9. The molecule has 0 aromatic heterocycles. The molecule has 1 unspecified atom stereocenters. The summed E-state index contributed by atoms with van der Waals surface area (Å²) in [4.78, 5) is 21.5. The Morgan fingerprint density at radius 1 is 1.14 bits per heavy atom. The Hall–Kier alpha value is -1.39. The summed E-state index contributed by atoms with van der Waals surface area (Å²) in [6.45, 7) is 7.53. The molecule has 0 aliphatic heterocycles. The van der Waals surface area contributed by atoms with Gasteiger partial charge in [0.25, 0.3) is 0 Å². The van der Waals surface area contributed by atoms with Crippen LogP contribution in [0.1, 0.15) is 59.8 Å². The van der Waals surface area contributed by atoms with Crippen LogP contribution >= 0.6 is 0 Å². The van der Waals surface area contributed by atoms with E-state index in [1.54, 1.807) is 0 Å². The zero-order chi connectivity index (χ0) is 16.5. The van der Waals surface area contributed by atoms with E-state index in [1.807, 2.05) is 20.8 Å². The number of alkyl halides is 1. The van der Waals surface area contributed by atoms with E-state index in [-0.39, 0.29) is 13.0 Å². The standard InChI is InChI=1S/C16H27FO4/c1-5-6-7-10-16(17,15(2,3)4)11-12-21-14(20)9-8-13(18)19/h8-9H,5-7,10-12H2,1-4H3,(H,18,19)/b9-8+. The fraction of sp³-hybridized carbons (Fsp3) is 0.750. The Labute approximate surface area is 126 Å². The number of aliphatic carboxylic acids is 1. The Bertz CT molecular complexity index is 371. The molecule has 0 spiro atoms. The zero-order valence-corrected chi connectivity index (χ0v) is 13.4. The van der Waals surface area contributed by atoms with Crippen LogP contribution in [0.4, 0.5) is 4.39 Å². The summed E-state index contributed by atoms with van der Waals surface area (Å²) in [6, 6.07) is 0. The van der Waals surface area contributed by atoms with Gasteiger partial charge in [0.1, 0.15) is 5.67 Å². The molecule has 0 heterocycles. The second kappa shape index (κ2) is 8.80. The van der Waals surface area contributed by atoms with Crippen molar-refractivity contribution in [3.63, 3.8) is 0 Å². The van der Waals surface area contributed by atoms with Gasteiger partial charge in [0.2, 0.25) is 0 Å². The summed E-state index contributed by atoms with van der Waals surface area (Å²) in [6.07, 6.45) is 4.89. The molecule has 0 saturated heterocycles. The van der Waals surface area contributed by atoms with Gasteiger partial charge in [-0.1, -0.05) is 47.0 Å². The molecular formula is C16H27FO4. The Morgan fingerprint density at radius 3 is 2.24 bits per heavy atom. The minimum absolute atomic E-state index is 0.0529. The number of unbranched alkanes of at least 4 members (excludes halogenated alkanes) is 2. The monoisotopic (exact) mass is 302 g/mol. The lowest BCUT2D eigenvalue weighted by atomic mass is 9.73. The third-order valence-electron chi connectivity index (χ3n) is 3.63. The average Bonchev–Trinajstić information content (AvgIpc) is 2.35. The summed E-state index contributed by atoms with van der Waals surface area (Å²) in [7, 11) is 0. The van der Waals surface area contributed by atoms with Gasteiger partial charge in [-0.15, -0.1) is 0 Å². The van der Waals surface area contributed by atoms with E-state index >= 15 is 4.39 Å². The van der Waals surface area contributed by atoms with Crippen molar-refractivity contribution < 1.29 is 23.8 Å². The predicted molar refractivity (Wildman–Crippen MR) is 79.8 cm³/mol. The number of rotatable bonds is 9. The Morgan fingerprint density at radius 2 is 1.76 bits per heavy atom. The molecule has 0 radical (unpaired) electrons. The lowest BCUT2D eigenvalue weighted by Gasteiger charge is -2.38. The number of carboxylic acid groups (broad SMARTS) is 1. The number of carboxylic acids is 1. The normalized spacial score (nSPS) is 14.9. The van der Waals surface area contributed by atoms with Gasteiger partial charge in [0, 0.05) is 18.6 Å². The second-order valence-corrected chi connectivity index (χ2v) is 6.26. The third-order valence-corrected chi connectivity index (χ3v) is 3.63. The van der Waals surface area contributed by atoms with Crippen molar-refractivity contribution in [3.8, 4) is 0 Å². The van der Waals surface area contributed by atoms with Gasteiger partial charge < -0.3 is 9.84 Å². The van der Waals surface area contributed by atoms with E-state index in [2.05, 4.69) is 6.92 Å². The van der Waals surface area contributed by atoms with E-state index in [9.17, 15) is 9.59 Å². The molecule has 0 aliphatic rings. The SMILES string of the molecule is CCCCCC(F)(CCOC(=O)/C=C/C(=O)O)C(C)(C)C. The van der Waals surface area contributed by atoms with Crippen molar-refractivity contribution >= 4 is 11.9 Å². The van der Waals surface area contributed by atoms with Crippen LogP contribution in [0.5, 0.6) is 0 Å². The largest absolute Gasteiger partial charge is 0.478 e. The zero-order valence-electron chi connectivity index (χ0n) is 13.4. The Kier molecular flexibility index (Phi) is 8.22. The van der Waals surface area contributed by atoms with Gasteiger partial charge >= 0.3 is 11.9 Å². The van der Waals surface area contributed by atoms with Crippen LogP contribution in [0.3, 0.4) is 0 Å². The lowest BCUT2D eigenvalue weighted by Crippen LogP contribution is -2.39. The van der Waals surface area contributed by atoms with Gasteiger partial charge in [-0.25, -0.2) is 14.0 Å². The fourth-order valence-corrected chi connectivity index (χ4v) is 2.03. The highest BCUT2D eigenvalue weighted by Crippen LogP contribution is 2.41. The minimum atomic E-state index is -1.40. The van der Waals surface area contributed by atoms with Crippen LogP contribution in [0.25, 0.3) is 0 Å². The van der Waals surface area contributed by atoms with Crippen LogP contribution in [-0.4, -0.2) is 29.3 Å². The van der Waals surface area contributed by atoms with Crippen molar-refractivity contribution in [1.29, 1.82) is 0 Å². The smallest absolute Gasteiger partial charge is 0.331 e. The molecule has 0 aliphatic carbocycles. The van der Waals surface area contributed by atoms with Gasteiger partial charge in [-0.05, 0) is 11.8 Å². The molecule has 0 saturated carbocycles. The van der Waals surface area contributed by atoms with Crippen molar-refractivity contribution in [3.05, 3.63) is 12.2 Å². The molecule has 122 valence electrons. The second-order valence-electron chi connectivity index (χ2n) is 6.26. The molecule has 1 N–H and O–H groups in total. The third kappa shape index (κ3) is 7.83. The Balaban J connectivity index is 4.43. The van der Waals surface area contributed by atoms with Crippen LogP contribution in [0.15, 0.2) is 12.2 Å². The predicted octanol–water partition coefficient (Wildman–Crippen LogP) is 3.90. The minimum Gasteiger partial charge on any atom is -0.478 e. The number of carbonyl (C=O) groups excluding carboxylic acids is 1. The molecule has 0 aromatic rings. The maximum atomic E-state index is 15.1. The summed E-state index contributed by atoms with van der Waals surface area (Å²) in [5.41, 5.74) is -1.94. The first-order valence-electron chi connectivity index (χ1n) is 7.39. The molecule has 0 fully saturated rings. The maximum Gasteiger partial charge on any atom is 0.331 e. The van der Waals surface area contributed by atoms with Gasteiger partial charge in [-0.2, -0.15) is 0 Å². The number of hydrogen-bond acceptors (Lipinski definition) is 3. The van der Waals surface area contributed by atoms with E-state index in [0.717, 1.165) is 25.3 Å². The first-order chi connectivity index (χ1) is 9.62. The molecule has 0 rings (SSSR count). The number of hydrogen-bond donors (Lipinski definition) is 1. The molecule has 0 aromatic carbocycles. The first kappa shape index (κ1) is 19.6. The highest BCUT2D eigenvalue weighted by atomic mass is 19.1. The van der Waals surface area contributed by atoms with E-state index in [4.69, 9.17) is 9.84 Å². The molecular weight excluding hydrogens is 275 g/mol. The summed E-state index contributed by atoms with van der Waals surface area (Å²) in [5.74, 6) is -1.98. The quantitative estimate of drug-likeness (QED) is 0.398. The maximum absolute atomic E-state index is 15.1. The number of esters is 1. The topological polar surface area (TPSA) is 63.6 Å². The van der Waals surface area contributed by atoms with Crippen molar-refractivity contribution in [2.45, 2.75) is 65.5 Å². The summed E-state index contributed by atoms with van der Waals surface area (Å²) >= 11 is 0. The molecule has 1 atom stereocenters. The highest BCUT2D eigenvalue weighted by molar-refractivity contribution is 5.90. The number of carbonyl (C=O) groups is 2. The van der Waals surface area contributed by atoms with Gasteiger partial charge in [0.05, 0.1) is 6.61 Å². The first-order valence-corrected chi connectivity index (χ1v) is 7.39. The lowest BCUT2D eigenvalue weighted by molar-refractivity contribution is -0.140. The molecule has 4 nitrogen and oxygen atoms in total. The van der Waals surface area contributed by atoms with Crippen molar-refractivity contribution in [2.75, 3.05) is 6.61 Å². The van der Waals surface area contributed by atoms with Crippen LogP contribution in [0.2, 0.25) is 0 Å². The van der Waals surface area contributed by atoms with Crippen LogP contribution in [-0.2, 0) is 14.3 Å². The van der Waals surface area contributed by atoms with Crippen LogP contribution < -0.4 is 0 Å². The van der Waals surface area contributed by atoms with E-state index < -0.39 is 23.0 Å². The average molecular weight is 302 g/mol. The molecule has 21 heavy (non-hydrogen) atoms. The van der Waals surface area contributed by atoms with Crippen LogP contribution in [0, 0.1) is 5.41 Å². The molecule has 5 heteroatoms. The molecule has 0 amide bonds.